The van der Waals surface area contributed by atoms with Gasteiger partial charge in [0.2, 0.25) is 0 Å². The SMILES string of the molecule is CCC(C)(CC)CCCCCC(=O)O. The van der Waals surface area contributed by atoms with Gasteiger partial charge in [-0.1, -0.05) is 46.5 Å². The third-order valence-corrected chi connectivity index (χ3v) is 3.38. The molecule has 0 unspecified atom stereocenters. The minimum atomic E-state index is -0.668. The first-order valence-electron chi connectivity index (χ1n) is 5.76. The van der Waals surface area contributed by atoms with Crippen molar-refractivity contribution in [3.63, 3.8) is 0 Å². The Balaban J connectivity index is 3.47. The molecule has 84 valence electrons. The van der Waals surface area contributed by atoms with E-state index in [9.17, 15) is 4.79 Å². The molecule has 0 amide bonds. The molecule has 0 aromatic heterocycles. The van der Waals surface area contributed by atoms with Crippen molar-refractivity contribution in [1.29, 1.82) is 0 Å². The summed E-state index contributed by atoms with van der Waals surface area (Å²) >= 11 is 0. The van der Waals surface area contributed by atoms with E-state index in [1.165, 1.54) is 25.7 Å². The van der Waals surface area contributed by atoms with Gasteiger partial charge in [0.1, 0.15) is 0 Å². The molecule has 0 aliphatic carbocycles. The van der Waals surface area contributed by atoms with Gasteiger partial charge in [-0.3, -0.25) is 4.79 Å². The molecule has 0 rings (SSSR count). The van der Waals surface area contributed by atoms with E-state index in [1.807, 2.05) is 0 Å². The van der Waals surface area contributed by atoms with Crippen molar-refractivity contribution in [2.75, 3.05) is 0 Å². The molecule has 0 aromatic carbocycles. The summed E-state index contributed by atoms with van der Waals surface area (Å²) in [5, 5.41) is 8.47. The third kappa shape index (κ3) is 6.01. The second-order valence-corrected chi connectivity index (χ2v) is 4.47. The molecule has 0 saturated carbocycles. The Morgan fingerprint density at radius 2 is 1.71 bits per heavy atom. The summed E-state index contributed by atoms with van der Waals surface area (Å²) in [7, 11) is 0. The van der Waals surface area contributed by atoms with Gasteiger partial charge in [0.15, 0.2) is 0 Å². The van der Waals surface area contributed by atoms with Gasteiger partial charge in [0.05, 0.1) is 0 Å². The van der Waals surface area contributed by atoms with Crippen LogP contribution in [0.1, 0.15) is 65.7 Å². The average Bonchev–Trinajstić information content (AvgIpc) is 2.16. The van der Waals surface area contributed by atoms with Gasteiger partial charge < -0.3 is 5.11 Å². The molecule has 0 radical (unpaired) electrons. The van der Waals surface area contributed by atoms with Gasteiger partial charge >= 0.3 is 5.97 Å². The first-order valence-corrected chi connectivity index (χ1v) is 5.76. The number of hydrogen-bond donors (Lipinski definition) is 1. The number of hydrogen-bond acceptors (Lipinski definition) is 1. The van der Waals surface area contributed by atoms with Crippen LogP contribution in [0, 0.1) is 5.41 Å². The zero-order valence-electron chi connectivity index (χ0n) is 9.81. The maximum Gasteiger partial charge on any atom is 0.303 e. The van der Waals surface area contributed by atoms with Crippen molar-refractivity contribution in [3.05, 3.63) is 0 Å². The van der Waals surface area contributed by atoms with E-state index < -0.39 is 5.97 Å². The van der Waals surface area contributed by atoms with Crippen LogP contribution >= 0.6 is 0 Å². The Kier molecular flexibility index (Phi) is 6.60. The lowest BCUT2D eigenvalue weighted by atomic mass is 9.80. The number of rotatable bonds is 8. The fraction of sp³-hybridized carbons (Fsp3) is 0.917. The molecule has 14 heavy (non-hydrogen) atoms. The molecular formula is C12H24O2. The van der Waals surface area contributed by atoms with Crippen LogP contribution in [-0.4, -0.2) is 11.1 Å². The zero-order chi connectivity index (χ0) is 11.0. The standard InChI is InChI=1S/C12H24O2/c1-4-12(3,5-2)10-8-6-7-9-11(13)14/h4-10H2,1-3H3,(H,13,14). The summed E-state index contributed by atoms with van der Waals surface area (Å²) < 4.78 is 0. The van der Waals surface area contributed by atoms with Crippen molar-refractivity contribution in [1.82, 2.24) is 0 Å². The molecule has 2 heteroatoms. The molecule has 0 bridgehead atoms. The summed E-state index contributed by atoms with van der Waals surface area (Å²) in [6, 6.07) is 0. The zero-order valence-corrected chi connectivity index (χ0v) is 9.81. The lowest BCUT2D eigenvalue weighted by Crippen LogP contribution is -2.13. The Morgan fingerprint density at radius 1 is 1.14 bits per heavy atom. The summed E-state index contributed by atoms with van der Waals surface area (Å²) in [5.41, 5.74) is 0.475. The van der Waals surface area contributed by atoms with Crippen LogP contribution in [0.5, 0.6) is 0 Å². The maximum atomic E-state index is 10.3. The van der Waals surface area contributed by atoms with Gasteiger partial charge in [-0.2, -0.15) is 0 Å². The predicted octanol–water partition coefficient (Wildman–Crippen LogP) is 3.85. The highest BCUT2D eigenvalue weighted by molar-refractivity contribution is 5.66. The number of unbranched alkanes of at least 4 members (excludes halogenated alkanes) is 2. The highest BCUT2D eigenvalue weighted by Crippen LogP contribution is 2.31. The monoisotopic (exact) mass is 200 g/mol. The molecule has 0 spiro atoms. The van der Waals surface area contributed by atoms with Crippen molar-refractivity contribution < 1.29 is 9.90 Å². The first-order chi connectivity index (χ1) is 6.54. The maximum absolute atomic E-state index is 10.3. The second kappa shape index (κ2) is 6.86. The molecule has 2 nitrogen and oxygen atoms in total. The molecule has 0 saturated heterocycles. The van der Waals surface area contributed by atoms with E-state index >= 15 is 0 Å². The summed E-state index contributed by atoms with van der Waals surface area (Å²) in [5.74, 6) is -0.668. The van der Waals surface area contributed by atoms with Crippen LogP contribution in [0.2, 0.25) is 0 Å². The smallest absolute Gasteiger partial charge is 0.303 e. The Hall–Kier alpha value is -0.530. The van der Waals surface area contributed by atoms with Crippen LogP contribution in [0.4, 0.5) is 0 Å². The Bertz CT molecular complexity index is 160. The Labute approximate surface area is 87.7 Å². The van der Waals surface area contributed by atoms with Crippen molar-refractivity contribution in [2.24, 2.45) is 5.41 Å². The number of carboxylic acid groups (broad SMARTS) is 1. The van der Waals surface area contributed by atoms with Crippen LogP contribution in [0.25, 0.3) is 0 Å². The summed E-state index contributed by atoms with van der Waals surface area (Å²) in [6.07, 6.45) is 7.08. The topological polar surface area (TPSA) is 37.3 Å². The first kappa shape index (κ1) is 13.5. The largest absolute Gasteiger partial charge is 0.481 e. The summed E-state index contributed by atoms with van der Waals surface area (Å²) in [6.45, 7) is 6.80. The molecule has 0 fully saturated rings. The van der Waals surface area contributed by atoms with E-state index in [0.717, 1.165) is 12.8 Å². The minimum absolute atomic E-state index is 0.328. The average molecular weight is 200 g/mol. The van der Waals surface area contributed by atoms with Crippen molar-refractivity contribution in [3.8, 4) is 0 Å². The van der Waals surface area contributed by atoms with E-state index in [0.29, 0.717) is 11.8 Å². The molecule has 0 atom stereocenters. The van der Waals surface area contributed by atoms with Crippen molar-refractivity contribution >= 4 is 5.97 Å². The van der Waals surface area contributed by atoms with Gasteiger partial charge in [-0.05, 0) is 18.3 Å². The molecule has 0 aliphatic heterocycles. The highest BCUT2D eigenvalue weighted by Gasteiger charge is 2.18. The van der Waals surface area contributed by atoms with Crippen LogP contribution < -0.4 is 0 Å². The molecule has 0 heterocycles. The third-order valence-electron chi connectivity index (χ3n) is 3.38. The number of carbonyl (C=O) groups is 1. The lowest BCUT2D eigenvalue weighted by molar-refractivity contribution is -0.137. The van der Waals surface area contributed by atoms with Crippen molar-refractivity contribution in [2.45, 2.75) is 65.7 Å². The van der Waals surface area contributed by atoms with Gasteiger partial charge in [0, 0.05) is 6.42 Å². The second-order valence-electron chi connectivity index (χ2n) is 4.47. The van der Waals surface area contributed by atoms with E-state index in [1.54, 1.807) is 0 Å². The fourth-order valence-corrected chi connectivity index (χ4v) is 1.61. The van der Waals surface area contributed by atoms with E-state index in [2.05, 4.69) is 20.8 Å². The van der Waals surface area contributed by atoms with E-state index in [-0.39, 0.29) is 0 Å². The number of carboxylic acids is 1. The molecule has 0 aliphatic rings. The molecular weight excluding hydrogens is 176 g/mol. The predicted molar refractivity (Wildman–Crippen MR) is 59.4 cm³/mol. The normalized spacial score (nSPS) is 11.6. The fourth-order valence-electron chi connectivity index (χ4n) is 1.61. The van der Waals surface area contributed by atoms with Crippen LogP contribution in [-0.2, 0) is 4.79 Å². The summed E-state index contributed by atoms with van der Waals surface area (Å²) in [4.78, 5) is 10.3. The van der Waals surface area contributed by atoms with Gasteiger partial charge in [-0.25, -0.2) is 0 Å². The Morgan fingerprint density at radius 3 is 2.14 bits per heavy atom. The molecule has 1 N–H and O–H groups in total. The lowest BCUT2D eigenvalue weighted by Gasteiger charge is -2.26. The highest BCUT2D eigenvalue weighted by atomic mass is 16.4. The number of aliphatic carboxylic acids is 1. The van der Waals surface area contributed by atoms with Gasteiger partial charge in [0.25, 0.3) is 0 Å². The van der Waals surface area contributed by atoms with Gasteiger partial charge in [-0.15, -0.1) is 0 Å². The molecule has 0 aromatic rings. The van der Waals surface area contributed by atoms with Crippen LogP contribution in [0.3, 0.4) is 0 Å². The van der Waals surface area contributed by atoms with E-state index in [4.69, 9.17) is 5.11 Å². The minimum Gasteiger partial charge on any atom is -0.481 e. The quantitative estimate of drug-likeness (QED) is 0.604. The van der Waals surface area contributed by atoms with Crippen LogP contribution in [0.15, 0.2) is 0 Å².